The standard InChI is InChI=1S/C9H14S3/c1-4-5-6-8-11-7(2)9(10-3)12-8/h6H,4-5H2,1-3H3/b8-6+. The first-order valence-electron chi connectivity index (χ1n) is 4.08. The van der Waals surface area contributed by atoms with Crippen LogP contribution in [-0.4, -0.2) is 6.26 Å². The summed E-state index contributed by atoms with van der Waals surface area (Å²) in [6, 6.07) is 0. The van der Waals surface area contributed by atoms with E-state index in [1.54, 1.807) is 0 Å². The van der Waals surface area contributed by atoms with Crippen molar-refractivity contribution in [3.05, 3.63) is 19.5 Å². The largest absolute Gasteiger partial charge is 0.122 e. The quantitative estimate of drug-likeness (QED) is 0.676. The third-order valence-electron chi connectivity index (χ3n) is 1.52. The Morgan fingerprint density at radius 2 is 2.17 bits per heavy atom. The van der Waals surface area contributed by atoms with E-state index < -0.39 is 0 Å². The number of hydrogen-bond acceptors (Lipinski definition) is 3. The number of rotatable bonds is 3. The molecule has 0 amide bonds. The van der Waals surface area contributed by atoms with E-state index in [9.17, 15) is 0 Å². The van der Waals surface area contributed by atoms with Gasteiger partial charge in [-0.1, -0.05) is 42.9 Å². The molecule has 1 heterocycles. The van der Waals surface area contributed by atoms with Crippen LogP contribution in [0.3, 0.4) is 0 Å². The fourth-order valence-electron chi connectivity index (χ4n) is 0.908. The maximum absolute atomic E-state index is 2.35. The number of hydrogen-bond donors (Lipinski definition) is 0. The van der Waals surface area contributed by atoms with Crippen LogP contribution in [0.4, 0.5) is 0 Å². The van der Waals surface area contributed by atoms with Crippen molar-refractivity contribution in [1.82, 2.24) is 0 Å². The maximum Gasteiger partial charge on any atom is 0.0548 e. The maximum atomic E-state index is 2.35. The van der Waals surface area contributed by atoms with Gasteiger partial charge in [0.15, 0.2) is 0 Å². The molecule has 0 nitrogen and oxygen atoms in total. The predicted octanol–water partition coefficient (Wildman–Crippen LogP) is 4.66. The van der Waals surface area contributed by atoms with Gasteiger partial charge in [0.1, 0.15) is 0 Å². The summed E-state index contributed by atoms with van der Waals surface area (Å²) in [5.74, 6) is 0. The van der Waals surface area contributed by atoms with E-state index in [1.165, 1.54) is 26.2 Å². The summed E-state index contributed by atoms with van der Waals surface area (Å²) < 4.78 is 2.95. The van der Waals surface area contributed by atoms with Gasteiger partial charge in [0, 0.05) is 9.14 Å². The second kappa shape index (κ2) is 5.30. The Labute approximate surface area is 87.6 Å². The molecule has 3 heteroatoms. The molecule has 1 aliphatic rings. The highest BCUT2D eigenvalue weighted by Crippen LogP contribution is 2.52. The van der Waals surface area contributed by atoms with E-state index in [1.807, 2.05) is 35.3 Å². The lowest BCUT2D eigenvalue weighted by atomic mass is 10.3. The Balaban J connectivity index is 2.50. The van der Waals surface area contributed by atoms with Crippen molar-refractivity contribution in [1.29, 1.82) is 0 Å². The van der Waals surface area contributed by atoms with Crippen molar-refractivity contribution in [3.8, 4) is 0 Å². The summed E-state index contributed by atoms with van der Waals surface area (Å²) in [6.45, 7) is 4.42. The lowest BCUT2D eigenvalue weighted by Crippen LogP contribution is -1.64. The Morgan fingerprint density at radius 1 is 1.42 bits per heavy atom. The number of allylic oxidation sites excluding steroid dienone is 2. The molecule has 0 bridgehead atoms. The van der Waals surface area contributed by atoms with E-state index in [0.29, 0.717) is 0 Å². The fourth-order valence-corrected chi connectivity index (χ4v) is 4.49. The molecule has 0 aromatic carbocycles. The van der Waals surface area contributed by atoms with Crippen molar-refractivity contribution in [2.75, 3.05) is 6.26 Å². The van der Waals surface area contributed by atoms with E-state index in [4.69, 9.17) is 0 Å². The minimum atomic E-state index is 1.21. The van der Waals surface area contributed by atoms with Gasteiger partial charge in [0.2, 0.25) is 0 Å². The van der Waals surface area contributed by atoms with E-state index >= 15 is 0 Å². The average Bonchev–Trinajstić information content (AvgIpc) is 2.43. The molecule has 0 fully saturated rings. The molecule has 0 saturated carbocycles. The summed E-state index contributed by atoms with van der Waals surface area (Å²) in [5, 5.41) is 0. The highest BCUT2D eigenvalue weighted by Gasteiger charge is 2.15. The van der Waals surface area contributed by atoms with Gasteiger partial charge in [0.05, 0.1) is 4.24 Å². The highest BCUT2D eigenvalue weighted by molar-refractivity contribution is 8.35. The van der Waals surface area contributed by atoms with Crippen LogP contribution in [0.5, 0.6) is 0 Å². The molecule has 12 heavy (non-hydrogen) atoms. The van der Waals surface area contributed by atoms with E-state index in [2.05, 4.69) is 26.2 Å². The van der Waals surface area contributed by atoms with E-state index in [-0.39, 0.29) is 0 Å². The molecule has 1 rings (SSSR count). The zero-order chi connectivity index (χ0) is 8.97. The summed E-state index contributed by atoms with van der Waals surface area (Å²) in [4.78, 5) is 1.47. The lowest BCUT2D eigenvalue weighted by molar-refractivity contribution is 0.959. The summed E-state index contributed by atoms with van der Waals surface area (Å²) in [7, 11) is 0. The highest BCUT2D eigenvalue weighted by atomic mass is 32.2. The van der Waals surface area contributed by atoms with Crippen molar-refractivity contribution in [2.45, 2.75) is 26.7 Å². The second-order valence-corrected chi connectivity index (χ2v) is 6.21. The molecule has 0 N–H and O–H groups in total. The first-order chi connectivity index (χ1) is 5.77. The van der Waals surface area contributed by atoms with Crippen molar-refractivity contribution >= 4 is 35.3 Å². The second-order valence-electron chi connectivity index (χ2n) is 2.56. The van der Waals surface area contributed by atoms with Gasteiger partial charge >= 0.3 is 0 Å². The van der Waals surface area contributed by atoms with Gasteiger partial charge in [-0.05, 0) is 19.6 Å². The van der Waals surface area contributed by atoms with Crippen LogP contribution in [0.1, 0.15) is 26.7 Å². The third kappa shape index (κ3) is 2.79. The molecule has 0 atom stereocenters. The fraction of sp³-hybridized carbons (Fsp3) is 0.556. The Hall–Kier alpha value is 0.530. The van der Waals surface area contributed by atoms with Crippen LogP contribution in [0.2, 0.25) is 0 Å². The molecule has 0 aliphatic carbocycles. The predicted molar refractivity (Wildman–Crippen MR) is 64.4 cm³/mol. The number of unbranched alkanes of at least 4 members (excludes halogenated alkanes) is 1. The summed E-state index contributed by atoms with van der Waals surface area (Å²) in [6.07, 6.45) is 6.96. The van der Waals surface area contributed by atoms with Crippen LogP contribution in [0, 0.1) is 0 Å². The van der Waals surface area contributed by atoms with Crippen LogP contribution < -0.4 is 0 Å². The molecular formula is C9H14S3. The smallest absolute Gasteiger partial charge is 0.0548 e. The molecule has 1 aliphatic heterocycles. The third-order valence-corrected chi connectivity index (χ3v) is 5.44. The monoisotopic (exact) mass is 218 g/mol. The molecule has 68 valence electrons. The van der Waals surface area contributed by atoms with Crippen LogP contribution in [0.15, 0.2) is 19.5 Å². The van der Waals surface area contributed by atoms with E-state index in [0.717, 1.165) is 0 Å². The van der Waals surface area contributed by atoms with Crippen molar-refractivity contribution in [2.24, 2.45) is 0 Å². The van der Waals surface area contributed by atoms with Crippen LogP contribution in [-0.2, 0) is 0 Å². The lowest BCUT2D eigenvalue weighted by Gasteiger charge is -1.94. The van der Waals surface area contributed by atoms with Crippen molar-refractivity contribution < 1.29 is 0 Å². The molecule has 0 radical (unpaired) electrons. The number of thioether (sulfide) groups is 3. The van der Waals surface area contributed by atoms with Crippen molar-refractivity contribution in [3.63, 3.8) is 0 Å². The first-order valence-corrected chi connectivity index (χ1v) is 6.94. The SMILES string of the molecule is CCC/C=C1\SC(C)=C(SC)S1. The minimum Gasteiger partial charge on any atom is -0.122 e. The summed E-state index contributed by atoms with van der Waals surface area (Å²) >= 11 is 5.71. The first kappa shape index (κ1) is 10.6. The van der Waals surface area contributed by atoms with Crippen LogP contribution in [0.25, 0.3) is 0 Å². The van der Waals surface area contributed by atoms with Gasteiger partial charge in [-0.3, -0.25) is 0 Å². The molecule has 0 unspecified atom stereocenters. The average molecular weight is 218 g/mol. The Bertz CT molecular complexity index is 216. The summed E-state index contributed by atoms with van der Waals surface area (Å²) in [5.41, 5.74) is 0. The van der Waals surface area contributed by atoms with Gasteiger partial charge < -0.3 is 0 Å². The zero-order valence-electron chi connectivity index (χ0n) is 7.72. The van der Waals surface area contributed by atoms with Crippen LogP contribution >= 0.6 is 35.3 Å². The van der Waals surface area contributed by atoms with Gasteiger partial charge in [-0.15, -0.1) is 11.8 Å². The molecule has 0 aromatic rings. The normalized spacial score (nSPS) is 21.1. The molecule has 0 saturated heterocycles. The Morgan fingerprint density at radius 3 is 2.67 bits per heavy atom. The van der Waals surface area contributed by atoms with Gasteiger partial charge in [0.25, 0.3) is 0 Å². The van der Waals surface area contributed by atoms with Gasteiger partial charge in [-0.25, -0.2) is 0 Å². The molecular weight excluding hydrogens is 204 g/mol. The molecule has 0 aromatic heterocycles. The zero-order valence-corrected chi connectivity index (χ0v) is 10.2. The minimum absolute atomic E-state index is 1.21. The molecule has 0 spiro atoms. The Kier molecular flexibility index (Phi) is 4.69. The topological polar surface area (TPSA) is 0 Å². The van der Waals surface area contributed by atoms with Gasteiger partial charge in [-0.2, -0.15) is 0 Å².